The lowest BCUT2D eigenvalue weighted by atomic mass is 10.2. The van der Waals surface area contributed by atoms with Crippen LogP contribution in [0.5, 0.6) is 0 Å². The number of halogens is 1. The smallest absolute Gasteiger partial charge is 0.336 e. The normalized spacial score (nSPS) is 11.1. The van der Waals surface area contributed by atoms with Crippen LogP contribution in [-0.2, 0) is 10.0 Å². The topological polar surface area (TPSA) is 96.4 Å². The summed E-state index contributed by atoms with van der Waals surface area (Å²) in [4.78, 5) is 14.7. The highest BCUT2D eigenvalue weighted by atomic mass is 79.9. The third kappa shape index (κ3) is 3.14. The van der Waals surface area contributed by atoms with Crippen molar-refractivity contribution in [3.05, 3.63) is 52.8 Å². The van der Waals surface area contributed by atoms with Crippen LogP contribution in [0.2, 0.25) is 0 Å². The number of carboxylic acid groups (broad SMARTS) is 1. The average molecular weight is 357 g/mol. The van der Waals surface area contributed by atoms with Gasteiger partial charge in [-0.25, -0.2) is 13.2 Å². The minimum atomic E-state index is -3.85. The lowest BCUT2D eigenvalue weighted by molar-refractivity contribution is 0.0695. The molecule has 0 saturated heterocycles. The molecule has 0 fully saturated rings. The molecule has 0 amide bonds. The molecule has 2 N–H and O–H groups in total. The summed E-state index contributed by atoms with van der Waals surface area (Å²) in [5.41, 5.74) is 0.224. The molecule has 8 heteroatoms. The molecule has 0 atom stereocenters. The summed E-state index contributed by atoms with van der Waals surface area (Å²) in [6.45, 7) is 0. The van der Waals surface area contributed by atoms with Crippen LogP contribution in [0, 0.1) is 0 Å². The Kier molecular flexibility index (Phi) is 4.05. The van der Waals surface area contributed by atoms with Crippen LogP contribution in [0.4, 0.5) is 5.69 Å². The lowest BCUT2D eigenvalue weighted by Crippen LogP contribution is -2.14. The van der Waals surface area contributed by atoms with Crippen molar-refractivity contribution >= 4 is 37.6 Å². The first-order chi connectivity index (χ1) is 9.40. The maximum Gasteiger partial charge on any atom is 0.336 e. The summed E-state index contributed by atoms with van der Waals surface area (Å²) in [5, 5.41) is 8.99. The molecule has 2 rings (SSSR count). The minimum Gasteiger partial charge on any atom is -0.478 e. The van der Waals surface area contributed by atoms with Gasteiger partial charge in [0.05, 0.1) is 16.1 Å². The molecular weight excluding hydrogens is 348 g/mol. The molecule has 0 saturated carbocycles. The Morgan fingerprint density at radius 2 is 1.85 bits per heavy atom. The van der Waals surface area contributed by atoms with Gasteiger partial charge in [-0.15, -0.1) is 0 Å². The number of anilines is 1. The second-order valence-corrected chi connectivity index (χ2v) is 6.32. The molecule has 1 aromatic heterocycles. The molecule has 0 bridgehead atoms. The Balaban J connectivity index is 2.40. The van der Waals surface area contributed by atoms with Crippen molar-refractivity contribution in [1.82, 2.24) is 4.98 Å². The van der Waals surface area contributed by atoms with Gasteiger partial charge in [0, 0.05) is 16.9 Å². The van der Waals surface area contributed by atoms with E-state index in [0.29, 0.717) is 10.2 Å². The van der Waals surface area contributed by atoms with Gasteiger partial charge >= 0.3 is 5.97 Å². The van der Waals surface area contributed by atoms with Gasteiger partial charge in [-0.3, -0.25) is 9.71 Å². The Morgan fingerprint density at radius 3 is 2.45 bits per heavy atom. The van der Waals surface area contributed by atoms with Crippen molar-refractivity contribution in [3.63, 3.8) is 0 Å². The third-order valence-corrected chi connectivity index (χ3v) is 4.48. The maximum atomic E-state index is 12.1. The van der Waals surface area contributed by atoms with E-state index in [1.807, 2.05) is 0 Å². The molecule has 1 heterocycles. The van der Waals surface area contributed by atoms with Gasteiger partial charge in [0.2, 0.25) is 0 Å². The van der Waals surface area contributed by atoms with Gasteiger partial charge in [0.15, 0.2) is 0 Å². The van der Waals surface area contributed by atoms with E-state index in [2.05, 4.69) is 25.6 Å². The Hall–Kier alpha value is -1.93. The van der Waals surface area contributed by atoms with Crippen LogP contribution in [0.25, 0.3) is 0 Å². The number of rotatable bonds is 4. The van der Waals surface area contributed by atoms with E-state index in [4.69, 9.17) is 5.11 Å². The largest absolute Gasteiger partial charge is 0.478 e. The number of carboxylic acids is 1. The zero-order chi connectivity index (χ0) is 14.8. The van der Waals surface area contributed by atoms with Crippen molar-refractivity contribution in [1.29, 1.82) is 0 Å². The SMILES string of the molecule is O=C(O)c1cc(S(=O)(=O)Nc2ccncc2)ccc1Br. The maximum absolute atomic E-state index is 12.1. The van der Waals surface area contributed by atoms with E-state index in [9.17, 15) is 13.2 Å². The monoisotopic (exact) mass is 356 g/mol. The van der Waals surface area contributed by atoms with Crippen molar-refractivity contribution in [3.8, 4) is 0 Å². The second kappa shape index (κ2) is 5.59. The molecule has 0 radical (unpaired) electrons. The van der Waals surface area contributed by atoms with Gasteiger partial charge in [-0.1, -0.05) is 0 Å². The molecule has 20 heavy (non-hydrogen) atoms. The van der Waals surface area contributed by atoms with Gasteiger partial charge in [0.25, 0.3) is 10.0 Å². The molecule has 104 valence electrons. The number of pyridine rings is 1. The molecular formula is C12H9BrN2O4S. The number of benzene rings is 1. The first-order valence-corrected chi connectivity index (χ1v) is 7.63. The van der Waals surface area contributed by atoms with Gasteiger partial charge in [-0.05, 0) is 46.3 Å². The number of nitrogens with one attached hydrogen (secondary N) is 1. The Labute approximate surface area is 123 Å². The zero-order valence-electron chi connectivity index (χ0n) is 9.95. The van der Waals surface area contributed by atoms with E-state index in [1.165, 1.54) is 36.7 Å². The molecule has 0 aliphatic heterocycles. The second-order valence-electron chi connectivity index (χ2n) is 3.79. The summed E-state index contributed by atoms with van der Waals surface area (Å²) in [7, 11) is -3.85. The van der Waals surface area contributed by atoms with Crippen molar-refractivity contribution < 1.29 is 18.3 Å². The first kappa shape index (κ1) is 14.5. The number of carbonyl (C=O) groups is 1. The van der Waals surface area contributed by atoms with Crippen LogP contribution in [0.3, 0.4) is 0 Å². The highest BCUT2D eigenvalue weighted by Gasteiger charge is 2.18. The quantitative estimate of drug-likeness (QED) is 0.876. The minimum absolute atomic E-state index is 0.123. The number of aromatic carboxylic acids is 1. The number of hydrogen-bond donors (Lipinski definition) is 2. The molecule has 0 aliphatic carbocycles. The third-order valence-electron chi connectivity index (χ3n) is 2.41. The van der Waals surface area contributed by atoms with E-state index in [0.717, 1.165) is 6.07 Å². The highest BCUT2D eigenvalue weighted by molar-refractivity contribution is 9.10. The molecule has 0 spiro atoms. The number of nitrogens with zero attached hydrogens (tertiary/aromatic N) is 1. The van der Waals surface area contributed by atoms with Crippen LogP contribution >= 0.6 is 15.9 Å². The first-order valence-electron chi connectivity index (χ1n) is 5.36. The summed E-state index contributed by atoms with van der Waals surface area (Å²) in [6, 6.07) is 6.78. The van der Waals surface area contributed by atoms with Crippen molar-refractivity contribution in [2.24, 2.45) is 0 Å². The standard InChI is InChI=1S/C12H9BrN2O4S/c13-11-2-1-9(7-10(11)12(16)17)20(18,19)15-8-3-5-14-6-4-8/h1-7H,(H,14,15)(H,16,17). The summed E-state index contributed by atoms with van der Waals surface area (Å²) in [5.74, 6) is -1.21. The average Bonchev–Trinajstić information content (AvgIpc) is 2.39. The molecule has 6 nitrogen and oxygen atoms in total. The van der Waals surface area contributed by atoms with E-state index in [1.54, 1.807) is 0 Å². The van der Waals surface area contributed by atoms with E-state index in [-0.39, 0.29) is 10.5 Å². The van der Waals surface area contributed by atoms with Crippen molar-refractivity contribution in [2.45, 2.75) is 4.90 Å². The van der Waals surface area contributed by atoms with Crippen LogP contribution < -0.4 is 4.72 Å². The van der Waals surface area contributed by atoms with Crippen LogP contribution in [0.15, 0.2) is 52.1 Å². The summed E-state index contributed by atoms with van der Waals surface area (Å²) >= 11 is 3.06. The van der Waals surface area contributed by atoms with Crippen LogP contribution in [0.1, 0.15) is 10.4 Å². The molecule has 0 unspecified atom stereocenters. The molecule has 0 aliphatic rings. The number of aromatic nitrogens is 1. The van der Waals surface area contributed by atoms with E-state index >= 15 is 0 Å². The van der Waals surface area contributed by atoms with Gasteiger partial charge < -0.3 is 5.11 Å². The van der Waals surface area contributed by atoms with Crippen LogP contribution in [-0.4, -0.2) is 24.5 Å². The summed E-state index contributed by atoms with van der Waals surface area (Å²) < 4.78 is 27.0. The summed E-state index contributed by atoms with van der Waals surface area (Å²) in [6.07, 6.45) is 2.89. The fourth-order valence-electron chi connectivity index (χ4n) is 1.47. The number of sulfonamides is 1. The van der Waals surface area contributed by atoms with Crippen molar-refractivity contribution in [2.75, 3.05) is 4.72 Å². The fourth-order valence-corrected chi connectivity index (χ4v) is 2.97. The highest BCUT2D eigenvalue weighted by Crippen LogP contribution is 2.22. The predicted molar refractivity (Wildman–Crippen MR) is 76.1 cm³/mol. The van der Waals surface area contributed by atoms with Gasteiger partial charge in [-0.2, -0.15) is 0 Å². The zero-order valence-corrected chi connectivity index (χ0v) is 12.3. The fraction of sp³-hybridized carbons (Fsp3) is 0. The number of hydrogen-bond acceptors (Lipinski definition) is 4. The Bertz CT molecular complexity index is 747. The molecule has 1 aromatic carbocycles. The lowest BCUT2D eigenvalue weighted by Gasteiger charge is -2.09. The van der Waals surface area contributed by atoms with Gasteiger partial charge in [0.1, 0.15) is 0 Å². The van der Waals surface area contributed by atoms with E-state index < -0.39 is 16.0 Å². The predicted octanol–water partition coefficient (Wildman–Crippen LogP) is 2.34. The molecule has 2 aromatic rings. The Morgan fingerprint density at radius 1 is 1.20 bits per heavy atom.